The van der Waals surface area contributed by atoms with Gasteiger partial charge in [0.05, 0.1) is 22.3 Å². The number of imide groups is 1. The van der Waals surface area contributed by atoms with Crippen molar-refractivity contribution in [2.24, 2.45) is 0 Å². The van der Waals surface area contributed by atoms with Gasteiger partial charge in [-0.05, 0) is 55.2 Å². The molecule has 0 atom stereocenters. The number of hydrogen-bond donors (Lipinski definition) is 0. The summed E-state index contributed by atoms with van der Waals surface area (Å²) in [4.78, 5) is 28.5. The number of thioether (sulfide) groups is 1. The molecule has 0 fully saturated rings. The molecule has 0 spiro atoms. The maximum Gasteiger partial charge on any atom is 0.272 e. The second-order valence-corrected chi connectivity index (χ2v) is 9.84. The molecule has 0 saturated heterocycles. The zero-order valence-electron chi connectivity index (χ0n) is 18.4. The highest BCUT2D eigenvalue weighted by Crippen LogP contribution is 2.40. The average Bonchev–Trinajstić information content (AvgIpc) is 2.91. The van der Waals surface area contributed by atoms with Crippen LogP contribution in [0.1, 0.15) is 58.6 Å². The van der Waals surface area contributed by atoms with Crippen molar-refractivity contribution in [1.82, 2.24) is 0 Å². The van der Waals surface area contributed by atoms with Crippen molar-refractivity contribution < 1.29 is 14.3 Å². The Bertz CT molecular complexity index is 957. The van der Waals surface area contributed by atoms with Crippen LogP contribution in [0.5, 0.6) is 5.75 Å². The Kier molecular flexibility index (Phi) is 6.71. The molecule has 3 rings (SSSR count). The Morgan fingerprint density at radius 3 is 1.90 bits per heavy atom. The van der Waals surface area contributed by atoms with Crippen LogP contribution in [0, 0.1) is 0 Å². The van der Waals surface area contributed by atoms with E-state index in [-0.39, 0.29) is 23.2 Å². The highest BCUT2D eigenvalue weighted by atomic mass is 32.2. The van der Waals surface area contributed by atoms with E-state index < -0.39 is 0 Å². The Morgan fingerprint density at radius 1 is 0.800 bits per heavy atom. The molecule has 0 N–H and O–H groups in total. The molecule has 30 heavy (non-hydrogen) atoms. The summed E-state index contributed by atoms with van der Waals surface area (Å²) < 4.78 is 5.71. The molecule has 2 aromatic rings. The van der Waals surface area contributed by atoms with E-state index in [1.54, 1.807) is 0 Å². The molecule has 5 heteroatoms. The smallest absolute Gasteiger partial charge is 0.272 e. The van der Waals surface area contributed by atoms with E-state index in [1.165, 1.54) is 22.2 Å². The molecule has 158 valence electrons. The zero-order chi connectivity index (χ0) is 22.0. The Morgan fingerprint density at radius 2 is 1.40 bits per heavy atom. The van der Waals surface area contributed by atoms with Crippen LogP contribution in [0.15, 0.2) is 53.4 Å². The molecule has 0 aliphatic carbocycles. The molecule has 0 saturated carbocycles. The summed E-state index contributed by atoms with van der Waals surface area (Å²) in [6, 6.07) is 15.1. The van der Waals surface area contributed by atoms with Crippen molar-refractivity contribution in [2.45, 2.75) is 58.8 Å². The van der Waals surface area contributed by atoms with Gasteiger partial charge in [0.2, 0.25) is 0 Å². The van der Waals surface area contributed by atoms with Crippen LogP contribution in [-0.4, -0.2) is 23.2 Å². The van der Waals surface area contributed by atoms with Crippen molar-refractivity contribution in [3.8, 4) is 5.75 Å². The molecule has 0 unspecified atom stereocenters. The second-order valence-electron chi connectivity index (χ2n) is 8.25. The van der Waals surface area contributed by atoms with Gasteiger partial charge in [-0.15, -0.1) is 11.8 Å². The van der Waals surface area contributed by atoms with E-state index in [0.717, 1.165) is 11.3 Å². The molecule has 1 aliphatic heterocycles. The van der Waals surface area contributed by atoms with Gasteiger partial charge in [-0.2, -0.15) is 0 Å². The standard InChI is InChI=1S/C25H29NO3S/c1-15(2)18-7-11-20(12-8-18)26-24(27)22(23(25(26)28)30-17(5)6)19-9-13-21(14-10-19)29-16(3)4/h7-17H,1-6H3. The van der Waals surface area contributed by atoms with E-state index in [9.17, 15) is 9.59 Å². The largest absolute Gasteiger partial charge is 0.491 e. The van der Waals surface area contributed by atoms with Gasteiger partial charge in [-0.25, -0.2) is 4.90 Å². The van der Waals surface area contributed by atoms with E-state index in [0.29, 0.717) is 22.1 Å². The van der Waals surface area contributed by atoms with Gasteiger partial charge in [-0.3, -0.25) is 9.59 Å². The maximum atomic E-state index is 13.4. The van der Waals surface area contributed by atoms with Gasteiger partial charge in [-0.1, -0.05) is 52.0 Å². The van der Waals surface area contributed by atoms with E-state index in [4.69, 9.17) is 4.74 Å². The maximum absolute atomic E-state index is 13.4. The summed E-state index contributed by atoms with van der Waals surface area (Å²) in [6.45, 7) is 12.2. The average molecular weight is 424 g/mol. The van der Waals surface area contributed by atoms with Crippen molar-refractivity contribution in [2.75, 3.05) is 4.90 Å². The summed E-state index contributed by atoms with van der Waals surface area (Å²) in [5, 5.41) is 0.179. The first-order valence-electron chi connectivity index (χ1n) is 10.4. The van der Waals surface area contributed by atoms with Gasteiger partial charge in [0.1, 0.15) is 5.75 Å². The zero-order valence-corrected chi connectivity index (χ0v) is 19.2. The van der Waals surface area contributed by atoms with Gasteiger partial charge in [0.25, 0.3) is 11.8 Å². The predicted octanol–water partition coefficient (Wildman–Crippen LogP) is 6.02. The summed E-state index contributed by atoms with van der Waals surface area (Å²) in [7, 11) is 0. The molecule has 2 amide bonds. The SMILES string of the molecule is CC(C)Oc1ccc(C2=C(SC(C)C)C(=O)N(c3ccc(C(C)C)cc3)C2=O)cc1. The number of benzene rings is 2. The van der Waals surface area contributed by atoms with Gasteiger partial charge in [0.15, 0.2) is 0 Å². The lowest BCUT2D eigenvalue weighted by Gasteiger charge is -2.16. The lowest BCUT2D eigenvalue weighted by atomic mass is 10.0. The quantitative estimate of drug-likeness (QED) is 0.511. The lowest BCUT2D eigenvalue weighted by Crippen LogP contribution is -2.31. The van der Waals surface area contributed by atoms with Crippen LogP contribution < -0.4 is 9.64 Å². The number of amides is 2. The Labute approximate surface area is 183 Å². The minimum Gasteiger partial charge on any atom is -0.491 e. The van der Waals surface area contributed by atoms with Gasteiger partial charge >= 0.3 is 0 Å². The number of rotatable bonds is 7. The number of ether oxygens (including phenoxy) is 1. The predicted molar refractivity (Wildman–Crippen MR) is 125 cm³/mol. The van der Waals surface area contributed by atoms with Crippen LogP contribution in [0.2, 0.25) is 0 Å². The highest BCUT2D eigenvalue weighted by molar-refractivity contribution is 8.04. The number of nitrogens with zero attached hydrogens (tertiary/aromatic N) is 1. The van der Waals surface area contributed by atoms with Crippen molar-refractivity contribution in [1.29, 1.82) is 0 Å². The van der Waals surface area contributed by atoms with Crippen molar-refractivity contribution in [3.05, 3.63) is 64.6 Å². The van der Waals surface area contributed by atoms with Crippen LogP contribution >= 0.6 is 11.8 Å². The third-order valence-corrected chi connectivity index (χ3v) is 5.81. The first kappa shape index (κ1) is 22.2. The number of carbonyl (C=O) groups is 2. The normalized spacial score (nSPS) is 14.6. The molecule has 0 aromatic heterocycles. The molecule has 4 nitrogen and oxygen atoms in total. The summed E-state index contributed by atoms with van der Waals surface area (Å²) in [5.74, 6) is 0.591. The third-order valence-electron chi connectivity index (χ3n) is 4.73. The molecule has 1 heterocycles. The van der Waals surface area contributed by atoms with Crippen molar-refractivity contribution >= 4 is 34.8 Å². The second kappa shape index (κ2) is 9.09. The van der Waals surface area contributed by atoms with E-state index in [2.05, 4.69) is 13.8 Å². The fraction of sp³-hybridized carbons (Fsp3) is 0.360. The van der Waals surface area contributed by atoms with Gasteiger partial charge < -0.3 is 4.74 Å². The van der Waals surface area contributed by atoms with Crippen LogP contribution in [0.25, 0.3) is 5.57 Å². The summed E-state index contributed by atoms with van der Waals surface area (Å²) in [6.07, 6.45) is 0.0705. The van der Waals surface area contributed by atoms with E-state index in [1.807, 2.05) is 76.2 Å². The minimum atomic E-state index is -0.280. The number of carbonyl (C=O) groups excluding carboxylic acids is 2. The first-order chi connectivity index (χ1) is 14.2. The molecule has 0 radical (unpaired) electrons. The first-order valence-corrected chi connectivity index (χ1v) is 11.2. The number of anilines is 1. The molecular formula is C25H29NO3S. The van der Waals surface area contributed by atoms with Crippen LogP contribution in [0.3, 0.4) is 0 Å². The molecule has 0 bridgehead atoms. The van der Waals surface area contributed by atoms with Crippen LogP contribution in [0.4, 0.5) is 5.69 Å². The number of hydrogen-bond acceptors (Lipinski definition) is 4. The fourth-order valence-electron chi connectivity index (χ4n) is 3.32. The monoisotopic (exact) mass is 423 g/mol. The topological polar surface area (TPSA) is 46.6 Å². The Hall–Kier alpha value is -2.53. The van der Waals surface area contributed by atoms with Crippen molar-refractivity contribution in [3.63, 3.8) is 0 Å². The van der Waals surface area contributed by atoms with E-state index >= 15 is 0 Å². The molecule has 1 aliphatic rings. The molecular weight excluding hydrogens is 394 g/mol. The third kappa shape index (κ3) is 4.62. The molecule has 2 aromatic carbocycles. The highest BCUT2D eigenvalue weighted by Gasteiger charge is 2.40. The Balaban J connectivity index is 1.99. The van der Waals surface area contributed by atoms with Crippen LogP contribution in [-0.2, 0) is 9.59 Å². The summed E-state index contributed by atoms with van der Waals surface area (Å²) in [5.41, 5.74) is 2.96. The lowest BCUT2D eigenvalue weighted by molar-refractivity contribution is -0.119. The van der Waals surface area contributed by atoms with Gasteiger partial charge in [0, 0.05) is 5.25 Å². The fourth-order valence-corrected chi connectivity index (χ4v) is 4.31. The minimum absolute atomic E-state index is 0.0705. The summed E-state index contributed by atoms with van der Waals surface area (Å²) >= 11 is 1.43.